The van der Waals surface area contributed by atoms with Crippen molar-refractivity contribution in [2.45, 2.75) is 20.3 Å². The Morgan fingerprint density at radius 3 is 2.75 bits per heavy atom. The van der Waals surface area contributed by atoms with Gasteiger partial charge < -0.3 is 10.7 Å². The number of fused-ring (bicyclic) bond motifs is 1. The van der Waals surface area contributed by atoms with E-state index in [0.29, 0.717) is 5.39 Å². The maximum Gasteiger partial charge on any atom is 0.221 e. The summed E-state index contributed by atoms with van der Waals surface area (Å²) in [7, 11) is 0. The summed E-state index contributed by atoms with van der Waals surface area (Å²) >= 11 is 0. The lowest BCUT2D eigenvalue weighted by Gasteiger charge is -1.95. The zero-order valence-corrected chi connectivity index (χ0v) is 9.38. The minimum Gasteiger partial charge on any atom is -0.369 e. The molecule has 1 amide bonds. The molecule has 0 aliphatic heterocycles. The summed E-state index contributed by atoms with van der Waals surface area (Å²) < 4.78 is 12.9. The number of benzene rings is 1. The van der Waals surface area contributed by atoms with Gasteiger partial charge in [-0.15, -0.1) is 0 Å². The highest BCUT2D eigenvalue weighted by Crippen LogP contribution is 2.19. The van der Waals surface area contributed by atoms with Gasteiger partial charge in [-0.3, -0.25) is 4.79 Å². The van der Waals surface area contributed by atoms with E-state index in [0.717, 1.165) is 11.1 Å². The SMILES string of the molecule is CC.NC(=O)Cc1c[nH]c2ccc(F)cc12. The number of hydrogen-bond acceptors (Lipinski definition) is 1. The van der Waals surface area contributed by atoms with Crippen LogP contribution >= 0.6 is 0 Å². The molecule has 0 aliphatic rings. The van der Waals surface area contributed by atoms with E-state index >= 15 is 0 Å². The van der Waals surface area contributed by atoms with Gasteiger partial charge in [0.25, 0.3) is 0 Å². The summed E-state index contributed by atoms with van der Waals surface area (Å²) in [5.41, 5.74) is 6.60. The van der Waals surface area contributed by atoms with Crippen molar-refractivity contribution in [2.24, 2.45) is 5.73 Å². The molecule has 0 aliphatic carbocycles. The number of aromatic amines is 1. The van der Waals surface area contributed by atoms with Gasteiger partial charge in [0, 0.05) is 17.1 Å². The Hall–Kier alpha value is -1.84. The van der Waals surface area contributed by atoms with E-state index in [1.807, 2.05) is 13.8 Å². The summed E-state index contributed by atoms with van der Waals surface area (Å²) in [4.78, 5) is 13.7. The predicted molar refractivity (Wildman–Crippen MR) is 62.5 cm³/mol. The van der Waals surface area contributed by atoms with Crippen molar-refractivity contribution in [2.75, 3.05) is 0 Å². The second-order valence-corrected chi connectivity index (χ2v) is 3.15. The Bertz CT molecular complexity index is 491. The molecule has 3 N–H and O–H groups in total. The zero-order valence-electron chi connectivity index (χ0n) is 9.38. The van der Waals surface area contributed by atoms with Crippen LogP contribution in [0.2, 0.25) is 0 Å². The average molecular weight is 222 g/mol. The summed E-state index contributed by atoms with van der Waals surface area (Å²) in [5.74, 6) is -0.738. The molecule has 0 unspecified atom stereocenters. The highest BCUT2D eigenvalue weighted by molar-refractivity contribution is 5.88. The average Bonchev–Trinajstić information content (AvgIpc) is 2.63. The molecular formula is C12H15FN2O. The van der Waals surface area contributed by atoms with Crippen LogP contribution in [-0.2, 0) is 11.2 Å². The number of carbonyl (C=O) groups is 1. The van der Waals surface area contributed by atoms with E-state index in [4.69, 9.17) is 5.73 Å². The van der Waals surface area contributed by atoms with Crippen molar-refractivity contribution in [3.8, 4) is 0 Å². The number of H-pyrrole nitrogens is 1. The van der Waals surface area contributed by atoms with E-state index in [9.17, 15) is 9.18 Å². The number of amides is 1. The van der Waals surface area contributed by atoms with Gasteiger partial charge in [-0.1, -0.05) is 13.8 Å². The van der Waals surface area contributed by atoms with Crippen molar-refractivity contribution in [3.05, 3.63) is 35.8 Å². The second-order valence-electron chi connectivity index (χ2n) is 3.15. The van der Waals surface area contributed by atoms with E-state index in [1.54, 1.807) is 12.3 Å². The number of carbonyl (C=O) groups excluding carboxylic acids is 1. The van der Waals surface area contributed by atoms with E-state index in [-0.39, 0.29) is 12.2 Å². The largest absolute Gasteiger partial charge is 0.369 e. The molecule has 3 nitrogen and oxygen atoms in total. The molecule has 16 heavy (non-hydrogen) atoms. The Kier molecular flexibility index (Phi) is 4.05. The number of nitrogens with two attached hydrogens (primary N) is 1. The molecule has 0 radical (unpaired) electrons. The lowest BCUT2D eigenvalue weighted by molar-refractivity contribution is -0.117. The first-order chi connectivity index (χ1) is 7.66. The first-order valence-corrected chi connectivity index (χ1v) is 5.20. The number of aromatic nitrogens is 1. The maximum atomic E-state index is 12.9. The minimum absolute atomic E-state index is 0.128. The molecule has 1 aromatic carbocycles. The fourth-order valence-electron chi connectivity index (χ4n) is 1.48. The van der Waals surface area contributed by atoms with Crippen molar-refractivity contribution < 1.29 is 9.18 Å². The summed E-state index contributed by atoms with van der Waals surface area (Å²) in [6.07, 6.45) is 1.80. The third-order valence-electron chi connectivity index (χ3n) is 2.09. The minimum atomic E-state index is -0.421. The monoisotopic (exact) mass is 222 g/mol. The number of rotatable bonds is 2. The molecule has 2 rings (SSSR count). The molecule has 0 saturated heterocycles. The first-order valence-electron chi connectivity index (χ1n) is 5.20. The summed E-state index contributed by atoms with van der Waals surface area (Å²) in [5, 5.41) is 0.712. The summed E-state index contributed by atoms with van der Waals surface area (Å²) in [6.45, 7) is 4.00. The number of hydrogen-bond donors (Lipinski definition) is 2. The van der Waals surface area contributed by atoms with Gasteiger partial charge in [-0.2, -0.15) is 0 Å². The zero-order chi connectivity index (χ0) is 12.1. The standard InChI is InChI=1S/C10H9FN2O.C2H6/c11-7-1-2-9-8(4-7)6(5-13-9)3-10(12)14;1-2/h1-2,4-5,13H,3H2,(H2,12,14);1-2H3. The molecule has 0 saturated carbocycles. The first kappa shape index (κ1) is 12.2. The van der Waals surface area contributed by atoms with E-state index in [2.05, 4.69) is 4.98 Å². The molecule has 2 aromatic rings. The molecule has 0 spiro atoms. The predicted octanol–water partition coefficient (Wildman–Crippen LogP) is 2.36. The van der Waals surface area contributed by atoms with Gasteiger partial charge in [0.2, 0.25) is 5.91 Å². The van der Waals surface area contributed by atoms with Crippen LogP contribution < -0.4 is 5.73 Å². The van der Waals surface area contributed by atoms with Crippen molar-refractivity contribution in [3.63, 3.8) is 0 Å². The van der Waals surface area contributed by atoms with Gasteiger partial charge in [-0.05, 0) is 23.8 Å². The van der Waals surface area contributed by atoms with Gasteiger partial charge in [0.15, 0.2) is 0 Å². The summed E-state index contributed by atoms with van der Waals surface area (Å²) in [6, 6.07) is 4.39. The molecule has 4 heteroatoms. The van der Waals surface area contributed by atoms with E-state index < -0.39 is 5.91 Å². The van der Waals surface area contributed by atoms with E-state index in [1.165, 1.54) is 12.1 Å². The molecule has 86 valence electrons. The number of halogens is 1. The van der Waals surface area contributed by atoms with Crippen LogP contribution in [0.15, 0.2) is 24.4 Å². The lowest BCUT2D eigenvalue weighted by Crippen LogP contribution is -2.13. The number of primary amides is 1. The third kappa shape index (κ3) is 2.59. The Balaban J connectivity index is 0.000000606. The van der Waals surface area contributed by atoms with Crippen LogP contribution in [0.3, 0.4) is 0 Å². The lowest BCUT2D eigenvalue weighted by atomic mass is 10.1. The number of nitrogens with one attached hydrogen (secondary N) is 1. The van der Waals surface area contributed by atoms with Gasteiger partial charge in [-0.25, -0.2) is 4.39 Å². The molecule has 0 fully saturated rings. The van der Waals surface area contributed by atoms with Gasteiger partial charge >= 0.3 is 0 Å². The van der Waals surface area contributed by atoms with Gasteiger partial charge in [0.1, 0.15) is 5.82 Å². The third-order valence-corrected chi connectivity index (χ3v) is 2.09. The van der Waals surface area contributed by atoms with Crippen molar-refractivity contribution in [1.29, 1.82) is 0 Å². The Labute approximate surface area is 93.5 Å². The van der Waals surface area contributed by atoms with Crippen LogP contribution in [0.25, 0.3) is 10.9 Å². The molecule has 1 heterocycles. The van der Waals surface area contributed by atoms with Crippen LogP contribution in [0.1, 0.15) is 19.4 Å². The smallest absolute Gasteiger partial charge is 0.221 e. The molecule has 0 bridgehead atoms. The second kappa shape index (κ2) is 5.30. The van der Waals surface area contributed by atoms with Crippen molar-refractivity contribution in [1.82, 2.24) is 4.98 Å². The topological polar surface area (TPSA) is 58.9 Å². The van der Waals surface area contributed by atoms with Crippen LogP contribution in [-0.4, -0.2) is 10.9 Å². The maximum absolute atomic E-state index is 12.9. The quantitative estimate of drug-likeness (QED) is 0.805. The Morgan fingerprint density at radius 1 is 1.44 bits per heavy atom. The van der Waals surface area contributed by atoms with Crippen LogP contribution in [0.5, 0.6) is 0 Å². The Morgan fingerprint density at radius 2 is 2.12 bits per heavy atom. The van der Waals surface area contributed by atoms with Crippen molar-refractivity contribution >= 4 is 16.8 Å². The molecular weight excluding hydrogens is 207 g/mol. The fourth-order valence-corrected chi connectivity index (χ4v) is 1.48. The highest BCUT2D eigenvalue weighted by atomic mass is 19.1. The molecule has 1 aromatic heterocycles. The molecule has 0 atom stereocenters. The highest BCUT2D eigenvalue weighted by Gasteiger charge is 2.06. The van der Waals surface area contributed by atoms with Gasteiger partial charge in [0.05, 0.1) is 6.42 Å². The fraction of sp³-hybridized carbons (Fsp3) is 0.250. The van der Waals surface area contributed by atoms with Crippen LogP contribution in [0, 0.1) is 5.82 Å². The normalized spacial score (nSPS) is 9.69. The van der Waals surface area contributed by atoms with Crippen LogP contribution in [0.4, 0.5) is 4.39 Å².